The highest BCUT2D eigenvalue weighted by Gasteiger charge is 2.17. The van der Waals surface area contributed by atoms with Crippen molar-refractivity contribution >= 4 is 40.9 Å². The first-order chi connectivity index (χ1) is 13.3. The quantitative estimate of drug-likeness (QED) is 0.468. The molecule has 8 nitrogen and oxygen atoms in total. The van der Waals surface area contributed by atoms with Gasteiger partial charge in [0.25, 0.3) is 5.95 Å². The lowest BCUT2D eigenvalue weighted by Gasteiger charge is -2.17. The minimum absolute atomic E-state index is 0.0771. The molecule has 0 saturated carbocycles. The predicted octanol–water partition coefficient (Wildman–Crippen LogP) is 2.85. The van der Waals surface area contributed by atoms with Gasteiger partial charge in [0.15, 0.2) is 0 Å². The Morgan fingerprint density at radius 3 is 2.61 bits per heavy atom. The Bertz CT molecular complexity index is 1020. The van der Waals surface area contributed by atoms with Crippen molar-refractivity contribution < 1.29 is 4.79 Å². The van der Waals surface area contributed by atoms with Gasteiger partial charge in [-0.15, -0.1) is 10.2 Å². The fourth-order valence-electron chi connectivity index (χ4n) is 2.58. The largest absolute Gasteiger partial charge is 0.341 e. The van der Waals surface area contributed by atoms with E-state index in [1.165, 1.54) is 16.4 Å². The molecule has 0 bridgehead atoms. The second kappa shape index (κ2) is 8.42. The summed E-state index contributed by atoms with van der Waals surface area (Å²) in [6.07, 6.45) is 0. The van der Waals surface area contributed by atoms with Gasteiger partial charge in [0.1, 0.15) is 0 Å². The lowest BCUT2D eigenvalue weighted by molar-refractivity contribution is -0.127. The number of carbonyl (C=O) groups excluding carboxylic acids is 1. The molecule has 148 valence electrons. The average molecular weight is 440 g/mol. The van der Waals surface area contributed by atoms with Crippen molar-refractivity contribution in [2.24, 2.45) is 0 Å². The van der Waals surface area contributed by atoms with Crippen LogP contribution in [0.1, 0.15) is 17.0 Å². The molecule has 0 aliphatic rings. The highest BCUT2D eigenvalue weighted by atomic mass is 35.5. The van der Waals surface area contributed by atoms with E-state index in [-0.39, 0.29) is 11.7 Å². The number of halogens is 2. The van der Waals surface area contributed by atoms with Crippen LogP contribution in [0.2, 0.25) is 10.0 Å². The van der Waals surface area contributed by atoms with Crippen LogP contribution in [0, 0.1) is 13.8 Å². The van der Waals surface area contributed by atoms with Crippen molar-refractivity contribution in [3.63, 3.8) is 0 Å². The first kappa shape index (κ1) is 20.5. The third kappa shape index (κ3) is 4.43. The van der Waals surface area contributed by atoms with E-state index in [9.17, 15) is 4.79 Å². The summed E-state index contributed by atoms with van der Waals surface area (Å²) in [7, 11) is 1.72. The molecular formula is C17H19Cl2N7OS. The number of rotatable bonds is 6. The van der Waals surface area contributed by atoms with Gasteiger partial charge < -0.3 is 10.7 Å². The number of benzene rings is 1. The molecular weight excluding hydrogens is 421 g/mol. The Balaban J connectivity index is 1.63. The molecule has 2 aromatic heterocycles. The Kier molecular flexibility index (Phi) is 6.17. The minimum Gasteiger partial charge on any atom is -0.341 e. The van der Waals surface area contributed by atoms with E-state index in [1.54, 1.807) is 28.8 Å². The average Bonchev–Trinajstić information content (AvgIpc) is 3.17. The van der Waals surface area contributed by atoms with E-state index in [4.69, 9.17) is 29.0 Å². The Morgan fingerprint density at radius 1 is 1.21 bits per heavy atom. The number of amides is 1. The molecule has 1 amide bonds. The smallest absolute Gasteiger partial charge is 0.271 e. The maximum Gasteiger partial charge on any atom is 0.271 e. The van der Waals surface area contributed by atoms with Gasteiger partial charge in [-0.1, -0.05) is 41.0 Å². The molecule has 2 heterocycles. The van der Waals surface area contributed by atoms with Gasteiger partial charge in [-0.2, -0.15) is 5.10 Å². The fourth-order valence-corrected chi connectivity index (χ4v) is 3.69. The summed E-state index contributed by atoms with van der Waals surface area (Å²) >= 11 is 13.2. The molecule has 0 aliphatic heterocycles. The first-order valence-corrected chi connectivity index (χ1v) is 10.0. The maximum absolute atomic E-state index is 12.4. The molecule has 1 aromatic carbocycles. The van der Waals surface area contributed by atoms with Crippen LogP contribution in [0.15, 0.2) is 29.4 Å². The topological polar surface area (TPSA) is 94.9 Å². The summed E-state index contributed by atoms with van der Waals surface area (Å²) in [4.78, 5) is 14.1. The zero-order valence-electron chi connectivity index (χ0n) is 15.6. The fraction of sp³-hybridized carbons (Fsp3) is 0.294. The van der Waals surface area contributed by atoms with Crippen LogP contribution in [0.5, 0.6) is 0 Å². The summed E-state index contributed by atoms with van der Waals surface area (Å²) in [5.41, 5.74) is 2.64. The van der Waals surface area contributed by atoms with Gasteiger partial charge in [-0.05, 0) is 37.6 Å². The van der Waals surface area contributed by atoms with Crippen LogP contribution >= 0.6 is 35.0 Å². The number of nitrogen functional groups attached to an aromatic ring is 1. The molecule has 3 aromatic rings. The van der Waals surface area contributed by atoms with Gasteiger partial charge in [0, 0.05) is 19.3 Å². The maximum atomic E-state index is 12.4. The number of carbonyl (C=O) groups is 1. The van der Waals surface area contributed by atoms with Gasteiger partial charge in [0.2, 0.25) is 11.1 Å². The number of aryl methyl sites for hydroxylation is 2. The highest BCUT2D eigenvalue weighted by Crippen LogP contribution is 2.23. The number of nitrogens with two attached hydrogens (primary N) is 1. The molecule has 2 N–H and O–H groups in total. The second-order valence-corrected chi connectivity index (χ2v) is 8.04. The lowest BCUT2D eigenvalue weighted by atomic mass is 10.2. The molecule has 0 radical (unpaired) electrons. The van der Waals surface area contributed by atoms with Crippen LogP contribution in [0.3, 0.4) is 0 Å². The Labute approximate surface area is 176 Å². The standard InChI is InChI=1S/C17H19Cl2N7OS/c1-10-6-11(2)26(23-10)16-21-22-17(25(16)20)28-9-15(27)24(3)8-12-4-5-13(18)14(19)7-12/h4-7H,8-9,20H2,1-3H3. The van der Waals surface area contributed by atoms with E-state index in [1.807, 2.05) is 26.0 Å². The van der Waals surface area contributed by atoms with Crippen LogP contribution in [-0.2, 0) is 11.3 Å². The zero-order valence-corrected chi connectivity index (χ0v) is 17.9. The van der Waals surface area contributed by atoms with E-state index in [0.717, 1.165) is 17.0 Å². The van der Waals surface area contributed by atoms with Crippen molar-refractivity contribution in [2.45, 2.75) is 25.5 Å². The van der Waals surface area contributed by atoms with E-state index < -0.39 is 0 Å². The summed E-state index contributed by atoms with van der Waals surface area (Å²) in [6, 6.07) is 7.22. The Hall–Kier alpha value is -2.23. The molecule has 3 rings (SSSR count). The van der Waals surface area contributed by atoms with Crippen LogP contribution in [0.4, 0.5) is 0 Å². The SMILES string of the molecule is Cc1cc(C)n(-c2nnc(SCC(=O)N(C)Cc3ccc(Cl)c(Cl)c3)n2N)n1. The van der Waals surface area contributed by atoms with Crippen molar-refractivity contribution in [3.05, 3.63) is 51.3 Å². The molecule has 28 heavy (non-hydrogen) atoms. The first-order valence-electron chi connectivity index (χ1n) is 8.31. The van der Waals surface area contributed by atoms with Gasteiger partial charge in [0.05, 0.1) is 21.5 Å². The van der Waals surface area contributed by atoms with Gasteiger partial charge in [-0.3, -0.25) is 4.79 Å². The molecule has 0 atom stereocenters. The monoisotopic (exact) mass is 439 g/mol. The van der Waals surface area contributed by atoms with E-state index >= 15 is 0 Å². The number of nitrogens with zero attached hydrogens (tertiary/aromatic N) is 6. The summed E-state index contributed by atoms with van der Waals surface area (Å²) in [5, 5.41) is 13.9. The molecule has 11 heteroatoms. The van der Waals surface area contributed by atoms with Crippen molar-refractivity contribution in [1.82, 2.24) is 29.6 Å². The summed E-state index contributed by atoms with van der Waals surface area (Å²) < 4.78 is 2.95. The van der Waals surface area contributed by atoms with Crippen LogP contribution in [-0.4, -0.2) is 48.3 Å². The summed E-state index contributed by atoms with van der Waals surface area (Å²) in [6.45, 7) is 4.21. The van der Waals surface area contributed by atoms with Gasteiger partial charge >= 0.3 is 0 Å². The second-order valence-electron chi connectivity index (χ2n) is 6.28. The minimum atomic E-state index is -0.0771. The zero-order chi connectivity index (χ0) is 20.4. The predicted molar refractivity (Wildman–Crippen MR) is 110 cm³/mol. The van der Waals surface area contributed by atoms with Gasteiger partial charge in [-0.25, -0.2) is 9.36 Å². The van der Waals surface area contributed by atoms with Crippen LogP contribution in [0.25, 0.3) is 5.95 Å². The third-order valence-corrected chi connectivity index (χ3v) is 5.67. The van der Waals surface area contributed by atoms with Crippen molar-refractivity contribution in [2.75, 3.05) is 18.6 Å². The normalized spacial score (nSPS) is 11.0. The number of thioether (sulfide) groups is 1. The molecule has 0 unspecified atom stereocenters. The van der Waals surface area contributed by atoms with E-state index in [2.05, 4.69) is 15.3 Å². The molecule has 0 saturated heterocycles. The number of aromatic nitrogens is 5. The summed E-state index contributed by atoms with van der Waals surface area (Å²) in [5.74, 6) is 6.58. The van der Waals surface area contributed by atoms with E-state index in [0.29, 0.717) is 27.7 Å². The molecule has 0 fully saturated rings. The molecule has 0 aliphatic carbocycles. The number of hydrogen-bond acceptors (Lipinski definition) is 6. The molecule has 0 spiro atoms. The lowest BCUT2D eigenvalue weighted by Crippen LogP contribution is -2.28. The third-order valence-electron chi connectivity index (χ3n) is 4.00. The highest BCUT2D eigenvalue weighted by molar-refractivity contribution is 7.99. The van der Waals surface area contributed by atoms with Crippen molar-refractivity contribution in [1.29, 1.82) is 0 Å². The Morgan fingerprint density at radius 2 is 1.96 bits per heavy atom. The number of hydrogen-bond donors (Lipinski definition) is 1. The van der Waals surface area contributed by atoms with Crippen molar-refractivity contribution in [3.8, 4) is 5.95 Å². The van der Waals surface area contributed by atoms with Crippen LogP contribution < -0.4 is 5.84 Å².